The zero-order chi connectivity index (χ0) is 6.85. The van der Waals surface area contributed by atoms with Gasteiger partial charge >= 0.3 is 0 Å². The molecule has 1 rings (SSSR count). The molecule has 0 aliphatic carbocycles. The lowest BCUT2D eigenvalue weighted by Crippen LogP contribution is -1.99. The van der Waals surface area contributed by atoms with Crippen LogP contribution in [0, 0.1) is 3.70 Å². The Morgan fingerprint density at radius 1 is 1.67 bits per heavy atom. The largest absolute Gasteiger partial charge is 0.325 e. The Hall–Kier alpha value is -0.170. The molecule has 0 aliphatic heterocycles. The molecule has 1 aromatic heterocycles. The van der Waals surface area contributed by atoms with Gasteiger partial charge in [-0.15, -0.1) is 5.10 Å². The maximum Gasteiger partial charge on any atom is 0.148 e. The number of aromatic nitrogens is 3. The molecule has 5 heteroatoms. The average molecular weight is 238 g/mol. The number of hydrogen-bond acceptors (Lipinski definition) is 3. The van der Waals surface area contributed by atoms with E-state index in [9.17, 15) is 0 Å². The van der Waals surface area contributed by atoms with E-state index in [0.29, 0.717) is 6.54 Å². The highest BCUT2D eigenvalue weighted by atomic mass is 127. The Morgan fingerprint density at radius 2 is 2.33 bits per heavy atom. The highest BCUT2D eigenvalue weighted by Gasteiger charge is 2.01. The predicted molar refractivity (Wildman–Crippen MR) is 41.6 cm³/mol. The first-order valence-electron chi connectivity index (χ1n) is 2.50. The molecule has 0 bridgehead atoms. The van der Waals surface area contributed by atoms with Gasteiger partial charge < -0.3 is 5.73 Å². The van der Waals surface area contributed by atoms with Crippen molar-refractivity contribution >= 4 is 22.6 Å². The van der Waals surface area contributed by atoms with Crippen LogP contribution < -0.4 is 5.73 Å². The summed E-state index contributed by atoms with van der Waals surface area (Å²) < 4.78 is 0.887. The van der Waals surface area contributed by atoms with Gasteiger partial charge in [0.1, 0.15) is 9.39 Å². The van der Waals surface area contributed by atoms with Crippen molar-refractivity contribution < 1.29 is 0 Å². The number of hydrogen-bond donors (Lipinski definition) is 1. The summed E-state index contributed by atoms with van der Waals surface area (Å²) in [5, 5.41) is 8.00. The second-order valence-corrected chi connectivity index (χ2v) is 2.65. The number of rotatable bonds is 1. The third-order valence-electron chi connectivity index (χ3n) is 0.929. The van der Waals surface area contributed by atoms with E-state index in [1.165, 1.54) is 4.80 Å². The van der Waals surface area contributed by atoms with E-state index in [1.807, 2.05) is 0 Å². The van der Waals surface area contributed by atoms with Crippen LogP contribution in [0.2, 0.25) is 0 Å². The van der Waals surface area contributed by atoms with Gasteiger partial charge in [0.2, 0.25) is 0 Å². The van der Waals surface area contributed by atoms with Gasteiger partial charge in [-0.25, -0.2) is 0 Å². The van der Waals surface area contributed by atoms with Crippen LogP contribution in [-0.4, -0.2) is 15.0 Å². The maximum absolute atomic E-state index is 5.34. The molecule has 0 saturated heterocycles. The molecular weight excluding hydrogens is 231 g/mol. The van der Waals surface area contributed by atoms with Gasteiger partial charge in [-0.2, -0.15) is 9.90 Å². The van der Waals surface area contributed by atoms with Crippen LogP contribution in [0.15, 0.2) is 0 Å². The fraction of sp³-hybridized carbons (Fsp3) is 0.500. The molecule has 0 fully saturated rings. The first-order chi connectivity index (χ1) is 4.24. The van der Waals surface area contributed by atoms with E-state index < -0.39 is 0 Å². The Bertz CT molecular complexity index is 206. The van der Waals surface area contributed by atoms with Crippen molar-refractivity contribution in [3.63, 3.8) is 0 Å². The van der Waals surface area contributed by atoms with Crippen LogP contribution in [0.25, 0.3) is 0 Å². The molecule has 0 spiro atoms. The van der Waals surface area contributed by atoms with E-state index in [2.05, 4.69) is 32.8 Å². The lowest BCUT2D eigenvalue weighted by atomic mass is 10.5. The van der Waals surface area contributed by atoms with Crippen LogP contribution in [0.4, 0.5) is 0 Å². The molecule has 9 heavy (non-hydrogen) atoms. The van der Waals surface area contributed by atoms with Crippen LogP contribution in [-0.2, 0) is 13.6 Å². The van der Waals surface area contributed by atoms with Gasteiger partial charge in [0, 0.05) is 13.6 Å². The monoisotopic (exact) mass is 238 g/mol. The molecule has 2 N–H and O–H groups in total. The third kappa shape index (κ3) is 1.39. The first kappa shape index (κ1) is 6.94. The lowest BCUT2D eigenvalue weighted by molar-refractivity contribution is 0.642. The normalized spacial score (nSPS) is 10.1. The molecule has 1 aromatic rings. The summed E-state index contributed by atoms with van der Waals surface area (Å²) in [5.74, 6) is 0. The Labute approximate surface area is 66.6 Å². The third-order valence-corrected chi connectivity index (χ3v) is 1.77. The van der Waals surface area contributed by atoms with Crippen LogP contribution in [0.1, 0.15) is 5.69 Å². The van der Waals surface area contributed by atoms with Gasteiger partial charge in [-0.3, -0.25) is 0 Å². The summed E-state index contributed by atoms with van der Waals surface area (Å²) >= 11 is 2.11. The Morgan fingerprint density at radius 3 is 2.56 bits per heavy atom. The first-order valence-corrected chi connectivity index (χ1v) is 3.57. The van der Waals surface area contributed by atoms with E-state index >= 15 is 0 Å². The van der Waals surface area contributed by atoms with Crippen molar-refractivity contribution in [3.8, 4) is 0 Å². The summed E-state index contributed by atoms with van der Waals surface area (Å²) in [6.45, 7) is 0.464. The summed E-state index contributed by atoms with van der Waals surface area (Å²) in [6.07, 6.45) is 0. The van der Waals surface area contributed by atoms with E-state index in [1.54, 1.807) is 7.05 Å². The van der Waals surface area contributed by atoms with Crippen LogP contribution >= 0.6 is 22.6 Å². The Kier molecular flexibility index (Phi) is 2.01. The molecule has 0 aliphatic rings. The van der Waals surface area contributed by atoms with Crippen molar-refractivity contribution in [2.45, 2.75) is 6.54 Å². The quantitative estimate of drug-likeness (QED) is 0.694. The highest BCUT2D eigenvalue weighted by molar-refractivity contribution is 14.1. The molecule has 0 radical (unpaired) electrons. The van der Waals surface area contributed by atoms with E-state index in [0.717, 1.165) is 9.39 Å². The van der Waals surface area contributed by atoms with Crippen LogP contribution in [0.3, 0.4) is 0 Å². The summed E-state index contributed by atoms with van der Waals surface area (Å²) in [7, 11) is 1.78. The zero-order valence-corrected chi connectivity index (χ0v) is 7.16. The van der Waals surface area contributed by atoms with E-state index in [4.69, 9.17) is 5.73 Å². The SMILES string of the molecule is Cn1nc(I)c(CN)n1. The van der Waals surface area contributed by atoms with Crippen molar-refractivity contribution in [1.82, 2.24) is 15.0 Å². The van der Waals surface area contributed by atoms with Crippen molar-refractivity contribution in [1.29, 1.82) is 0 Å². The topological polar surface area (TPSA) is 56.7 Å². The number of nitrogens with two attached hydrogens (primary N) is 1. The minimum absolute atomic E-state index is 0.464. The van der Waals surface area contributed by atoms with E-state index in [-0.39, 0.29) is 0 Å². The zero-order valence-electron chi connectivity index (χ0n) is 5.00. The number of aryl methyl sites for hydroxylation is 1. The van der Waals surface area contributed by atoms with Crippen molar-refractivity contribution in [2.75, 3.05) is 0 Å². The number of nitrogens with zero attached hydrogens (tertiary/aromatic N) is 3. The summed E-state index contributed by atoms with van der Waals surface area (Å²) in [5.41, 5.74) is 6.20. The average Bonchev–Trinajstić information content (AvgIpc) is 2.10. The summed E-state index contributed by atoms with van der Waals surface area (Å²) in [4.78, 5) is 1.52. The lowest BCUT2D eigenvalue weighted by Gasteiger charge is -1.82. The van der Waals surface area contributed by atoms with Crippen molar-refractivity contribution in [2.24, 2.45) is 12.8 Å². The molecule has 0 aromatic carbocycles. The fourth-order valence-corrected chi connectivity index (χ4v) is 1.19. The maximum atomic E-state index is 5.34. The van der Waals surface area contributed by atoms with Gasteiger partial charge in [0.05, 0.1) is 0 Å². The van der Waals surface area contributed by atoms with Gasteiger partial charge in [-0.1, -0.05) is 0 Å². The minimum atomic E-state index is 0.464. The molecule has 4 nitrogen and oxygen atoms in total. The van der Waals surface area contributed by atoms with Gasteiger partial charge in [0.15, 0.2) is 0 Å². The highest BCUT2D eigenvalue weighted by Crippen LogP contribution is 2.03. The predicted octanol–water partition coefficient (Wildman–Crippen LogP) is -0.122. The molecule has 1 heterocycles. The fourth-order valence-electron chi connectivity index (χ4n) is 0.548. The smallest absolute Gasteiger partial charge is 0.148 e. The second kappa shape index (κ2) is 2.61. The van der Waals surface area contributed by atoms with Crippen molar-refractivity contribution in [3.05, 3.63) is 9.39 Å². The minimum Gasteiger partial charge on any atom is -0.325 e. The standard InChI is InChI=1S/C4H7IN4/c1-9-7-3(2-6)4(5)8-9/h2,6H2,1H3. The molecule has 0 atom stereocenters. The molecule has 0 amide bonds. The van der Waals surface area contributed by atoms with Gasteiger partial charge in [0.25, 0.3) is 0 Å². The second-order valence-electron chi connectivity index (χ2n) is 1.63. The summed E-state index contributed by atoms with van der Waals surface area (Å²) in [6, 6.07) is 0. The van der Waals surface area contributed by atoms with Crippen LogP contribution in [0.5, 0.6) is 0 Å². The van der Waals surface area contributed by atoms with Gasteiger partial charge in [-0.05, 0) is 22.6 Å². The molecule has 0 unspecified atom stereocenters. The molecule has 50 valence electrons. The Balaban J connectivity index is 3.01. The number of halogens is 1. The molecule has 0 saturated carbocycles. The molecular formula is C4H7IN4.